The van der Waals surface area contributed by atoms with Gasteiger partial charge >= 0.3 is 0 Å². The Morgan fingerprint density at radius 1 is 0.278 bits per heavy atom. The molecule has 0 heteroatoms. The minimum Gasteiger partial charge on any atom is -0.0616 e. The standard InChI is InChI=1S/C36H22/c1-2-9-31-23(5-1)6-4-10-32(31)29-15-13-28-22-30(16-14-27(28)21-29)33-19-17-26-12-11-24-7-3-8-25-18-20-34(33)36(26)35(24)25/h1-22H. The molecule has 0 fully saturated rings. The van der Waals surface area contributed by atoms with Crippen LogP contribution in [-0.4, -0.2) is 0 Å². The fraction of sp³-hybridized carbons (Fsp3) is 0. The van der Waals surface area contributed by atoms with Crippen LogP contribution in [0.5, 0.6) is 0 Å². The van der Waals surface area contributed by atoms with Gasteiger partial charge in [-0.25, -0.2) is 0 Å². The summed E-state index contributed by atoms with van der Waals surface area (Å²) >= 11 is 0. The minimum absolute atomic E-state index is 1.26. The van der Waals surface area contributed by atoms with E-state index in [0.29, 0.717) is 0 Å². The second kappa shape index (κ2) is 7.41. The molecule has 0 saturated carbocycles. The molecule has 0 aliphatic heterocycles. The van der Waals surface area contributed by atoms with Gasteiger partial charge in [0.05, 0.1) is 0 Å². The van der Waals surface area contributed by atoms with Crippen LogP contribution in [0.15, 0.2) is 133 Å². The molecule has 0 unspecified atom stereocenters. The van der Waals surface area contributed by atoms with Crippen molar-refractivity contribution in [1.29, 1.82) is 0 Å². The van der Waals surface area contributed by atoms with Gasteiger partial charge in [-0.05, 0) is 88.2 Å². The summed E-state index contributed by atoms with van der Waals surface area (Å²) in [6.45, 7) is 0. The van der Waals surface area contributed by atoms with E-state index in [1.165, 1.54) is 76.1 Å². The van der Waals surface area contributed by atoms with Crippen LogP contribution < -0.4 is 0 Å². The first-order valence-electron chi connectivity index (χ1n) is 12.5. The quantitative estimate of drug-likeness (QED) is 0.228. The summed E-state index contributed by atoms with van der Waals surface area (Å²) in [5, 5.41) is 13.1. The number of fused-ring (bicyclic) bond motifs is 2. The fourth-order valence-electron chi connectivity index (χ4n) is 6.04. The van der Waals surface area contributed by atoms with Gasteiger partial charge in [0.2, 0.25) is 0 Å². The maximum absolute atomic E-state index is 2.34. The molecule has 36 heavy (non-hydrogen) atoms. The first kappa shape index (κ1) is 19.6. The molecule has 8 aromatic rings. The van der Waals surface area contributed by atoms with E-state index in [2.05, 4.69) is 133 Å². The topological polar surface area (TPSA) is 0 Å². The van der Waals surface area contributed by atoms with Crippen molar-refractivity contribution >= 4 is 53.9 Å². The van der Waals surface area contributed by atoms with Gasteiger partial charge in [-0.1, -0.05) is 121 Å². The highest BCUT2D eigenvalue weighted by molar-refractivity contribution is 6.25. The molecule has 0 spiro atoms. The molecule has 8 aromatic carbocycles. The van der Waals surface area contributed by atoms with E-state index in [0.717, 1.165) is 0 Å². The Labute approximate surface area is 209 Å². The van der Waals surface area contributed by atoms with Gasteiger partial charge < -0.3 is 0 Å². The molecule has 0 aliphatic carbocycles. The summed E-state index contributed by atoms with van der Waals surface area (Å²) in [5.41, 5.74) is 5.10. The molecule has 0 heterocycles. The normalized spacial score (nSPS) is 11.9. The van der Waals surface area contributed by atoms with Crippen LogP contribution in [0.3, 0.4) is 0 Å². The molecule has 8 rings (SSSR count). The molecule has 0 aromatic heterocycles. The lowest BCUT2D eigenvalue weighted by Crippen LogP contribution is -1.87. The van der Waals surface area contributed by atoms with E-state index in [9.17, 15) is 0 Å². The third kappa shape index (κ3) is 2.82. The SMILES string of the molecule is c1ccc2c(-c3ccc4cc(-c5ccc6ccc7cccc8ccc5c6c78)ccc4c3)cccc2c1. The van der Waals surface area contributed by atoms with Crippen molar-refractivity contribution in [3.8, 4) is 22.3 Å². The van der Waals surface area contributed by atoms with Gasteiger partial charge in [-0.15, -0.1) is 0 Å². The molecule has 166 valence electrons. The molecular weight excluding hydrogens is 432 g/mol. The second-order valence-corrected chi connectivity index (χ2v) is 9.77. The van der Waals surface area contributed by atoms with Crippen molar-refractivity contribution in [1.82, 2.24) is 0 Å². The maximum Gasteiger partial charge on any atom is -0.00206 e. The molecule has 0 amide bonds. The largest absolute Gasteiger partial charge is 0.0616 e. The molecule has 0 nitrogen and oxygen atoms in total. The van der Waals surface area contributed by atoms with Crippen molar-refractivity contribution < 1.29 is 0 Å². The molecular formula is C36H22. The number of hydrogen-bond donors (Lipinski definition) is 0. The highest BCUT2D eigenvalue weighted by Gasteiger charge is 2.12. The highest BCUT2D eigenvalue weighted by Crippen LogP contribution is 2.40. The average Bonchev–Trinajstić information content (AvgIpc) is 2.95. The van der Waals surface area contributed by atoms with Gasteiger partial charge in [0.1, 0.15) is 0 Å². The second-order valence-electron chi connectivity index (χ2n) is 9.77. The number of rotatable bonds is 2. The summed E-state index contributed by atoms with van der Waals surface area (Å²) in [6, 6.07) is 49.1. The van der Waals surface area contributed by atoms with Gasteiger partial charge in [-0.3, -0.25) is 0 Å². The zero-order chi connectivity index (χ0) is 23.6. The molecule has 0 N–H and O–H groups in total. The zero-order valence-electron chi connectivity index (χ0n) is 19.7. The van der Waals surface area contributed by atoms with Crippen molar-refractivity contribution in [2.24, 2.45) is 0 Å². The smallest absolute Gasteiger partial charge is 0.00206 e. The van der Waals surface area contributed by atoms with Crippen molar-refractivity contribution in [2.75, 3.05) is 0 Å². The summed E-state index contributed by atoms with van der Waals surface area (Å²) in [5.74, 6) is 0. The summed E-state index contributed by atoms with van der Waals surface area (Å²) in [7, 11) is 0. The monoisotopic (exact) mass is 454 g/mol. The van der Waals surface area contributed by atoms with E-state index in [1.807, 2.05) is 0 Å². The van der Waals surface area contributed by atoms with Crippen molar-refractivity contribution in [3.63, 3.8) is 0 Å². The average molecular weight is 455 g/mol. The molecule has 0 saturated heterocycles. The lowest BCUT2D eigenvalue weighted by Gasteiger charge is -2.15. The van der Waals surface area contributed by atoms with Crippen LogP contribution in [0.1, 0.15) is 0 Å². The number of hydrogen-bond acceptors (Lipinski definition) is 0. The van der Waals surface area contributed by atoms with E-state index >= 15 is 0 Å². The van der Waals surface area contributed by atoms with Crippen LogP contribution in [0, 0.1) is 0 Å². The van der Waals surface area contributed by atoms with Gasteiger partial charge in [0.15, 0.2) is 0 Å². The lowest BCUT2D eigenvalue weighted by molar-refractivity contribution is 1.67. The van der Waals surface area contributed by atoms with Gasteiger partial charge in [0, 0.05) is 0 Å². The Morgan fingerprint density at radius 2 is 0.806 bits per heavy atom. The first-order chi connectivity index (χ1) is 17.8. The van der Waals surface area contributed by atoms with E-state index < -0.39 is 0 Å². The molecule has 0 atom stereocenters. The van der Waals surface area contributed by atoms with Crippen LogP contribution in [0.4, 0.5) is 0 Å². The molecule has 0 aliphatic rings. The van der Waals surface area contributed by atoms with Crippen LogP contribution in [-0.2, 0) is 0 Å². The zero-order valence-corrected chi connectivity index (χ0v) is 19.7. The Morgan fingerprint density at radius 3 is 1.58 bits per heavy atom. The van der Waals surface area contributed by atoms with Crippen LogP contribution in [0.25, 0.3) is 76.1 Å². The van der Waals surface area contributed by atoms with Crippen molar-refractivity contribution in [2.45, 2.75) is 0 Å². The van der Waals surface area contributed by atoms with E-state index in [1.54, 1.807) is 0 Å². The predicted octanol–water partition coefficient (Wildman–Crippen LogP) is 10.2. The fourth-order valence-corrected chi connectivity index (χ4v) is 6.04. The van der Waals surface area contributed by atoms with Crippen molar-refractivity contribution in [3.05, 3.63) is 133 Å². The number of benzene rings is 8. The third-order valence-electron chi connectivity index (χ3n) is 7.78. The summed E-state index contributed by atoms with van der Waals surface area (Å²) in [6.07, 6.45) is 0. The highest BCUT2D eigenvalue weighted by atomic mass is 14.2. The van der Waals surface area contributed by atoms with Gasteiger partial charge in [-0.2, -0.15) is 0 Å². The maximum atomic E-state index is 2.34. The Balaban J connectivity index is 1.31. The van der Waals surface area contributed by atoms with Gasteiger partial charge in [0.25, 0.3) is 0 Å². The summed E-state index contributed by atoms with van der Waals surface area (Å²) < 4.78 is 0. The van der Waals surface area contributed by atoms with E-state index in [-0.39, 0.29) is 0 Å². The summed E-state index contributed by atoms with van der Waals surface area (Å²) in [4.78, 5) is 0. The Hall–Kier alpha value is -4.68. The van der Waals surface area contributed by atoms with Crippen LogP contribution >= 0.6 is 0 Å². The van der Waals surface area contributed by atoms with E-state index in [4.69, 9.17) is 0 Å². The lowest BCUT2D eigenvalue weighted by atomic mass is 9.89. The minimum atomic E-state index is 1.26. The Bertz CT molecular complexity index is 2070. The molecule has 0 radical (unpaired) electrons. The first-order valence-corrected chi connectivity index (χ1v) is 12.5. The Kier molecular flexibility index (Phi) is 4.03. The third-order valence-corrected chi connectivity index (χ3v) is 7.78. The van der Waals surface area contributed by atoms with Crippen LogP contribution in [0.2, 0.25) is 0 Å². The predicted molar refractivity (Wildman–Crippen MR) is 156 cm³/mol. The molecule has 0 bridgehead atoms.